The molecule has 0 unspecified atom stereocenters. The highest BCUT2D eigenvalue weighted by Gasteiger charge is 2.45. The molecule has 3 fully saturated rings. The van der Waals surface area contributed by atoms with Gasteiger partial charge >= 0.3 is 0 Å². The SMILES string of the molecule is C[C@@]1(O)CCC[C@H]1N1C(=O)CCc2cnc(NC3CCN(S(=O)(=O)C4CC4)CC3)nc21. The summed E-state index contributed by atoms with van der Waals surface area (Å²) in [6, 6.07) is -0.177. The summed E-state index contributed by atoms with van der Waals surface area (Å²) >= 11 is 0. The van der Waals surface area contributed by atoms with Gasteiger partial charge in [0, 0.05) is 37.3 Å². The molecule has 2 N–H and O–H groups in total. The van der Waals surface area contributed by atoms with Crippen LogP contribution in [0, 0.1) is 0 Å². The van der Waals surface area contributed by atoms with Gasteiger partial charge in [-0.15, -0.1) is 0 Å². The average molecular weight is 450 g/mol. The van der Waals surface area contributed by atoms with Crippen LogP contribution in [0.5, 0.6) is 0 Å². The maximum atomic E-state index is 12.8. The maximum Gasteiger partial charge on any atom is 0.228 e. The van der Waals surface area contributed by atoms with Gasteiger partial charge in [-0.3, -0.25) is 9.69 Å². The molecule has 1 aromatic rings. The van der Waals surface area contributed by atoms with Crippen molar-refractivity contribution >= 4 is 27.7 Å². The molecule has 1 saturated heterocycles. The fourth-order valence-electron chi connectivity index (χ4n) is 5.21. The highest BCUT2D eigenvalue weighted by Crippen LogP contribution is 2.39. The van der Waals surface area contributed by atoms with Crippen LogP contribution in [-0.2, 0) is 21.2 Å². The Kier molecular flexibility index (Phi) is 5.22. The van der Waals surface area contributed by atoms with E-state index in [1.54, 1.807) is 22.3 Å². The van der Waals surface area contributed by atoms with Crippen LogP contribution in [0.2, 0.25) is 0 Å². The Labute approximate surface area is 183 Å². The summed E-state index contributed by atoms with van der Waals surface area (Å²) in [7, 11) is -3.12. The van der Waals surface area contributed by atoms with E-state index in [0.29, 0.717) is 57.0 Å². The molecule has 1 amide bonds. The van der Waals surface area contributed by atoms with Gasteiger partial charge in [0.15, 0.2) is 0 Å². The molecule has 2 aliphatic carbocycles. The first-order chi connectivity index (χ1) is 14.8. The van der Waals surface area contributed by atoms with Gasteiger partial charge in [-0.25, -0.2) is 17.7 Å². The van der Waals surface area contributed by atoms with Gasteiger partial charge in [0.2, 0.25) is 21.9 Å². The summed E-state index contributed by atoms with van der Waals surface area (Å²) in [6.45, 7) is 2.82. The van der Waals surface area contributed by atoms with Crippen molar-refractivity contribution in [3.8, 4) is 0 Å². The lowest BCUT2D eigenvalue weighted by Crippen LogP contribution is -2.52. The van der Waals surface area contributed by atoms with Crippen molar-refractivity contribution in [1.29, 1.82) is 0 Å². The van der Waals surface area contributed by atoms with Crippen molar-refractivity contribution in [2.24, 2.45) is 0 Å². The van der Waals surface area contributed by atoms with Crippen molar-refractivity contribution in [3.63, 3.8) is 0 Å². The van der Waals surface area contributed by atoms with Gasteiger partial charge < -0.3 is 10.4 Å². The second kappa shape index (κ2) is 7.67. The minimum Gasteiger partial charge on any atom is -0.388 e. The molecule has 5 rings (SSSR count). The zero-order chi connectivity index (χ0) is 21.8. The number of amides is 1. The zero-order valence-corrected chi connectivity index (χ0v) is 18.8. The summed E-state index contributed by atoms with van der Waals surface area (Å²) in [5.74, 6) is 1.07. The smallest absolute Gasteiger partial charge is 0.228 e. The Morgan fingerprint density at radius 2 is 1.90 bits per heavy atom. The summed E-state index contributed by atoms with van der Waals surface area (Å²) in [5.41, 5.74) is 0.0149. The number of piperidine rings is 1. The number of hydrogen-bond acceptors (Lipinski definition) is 7. The number of aryl methyl sites for hydroxylation is 1. The Morgan fingerprint density at radius 3 is 2.55 bits per heavy atom. The molecular weight excluding hydrogens is 418 g/mol. The Balaban J connectivity index is 1.30. The van der Waals surface area contributed by atoms with Crippen molar-refractivity contribution < 1.29 is 18.3 Å². The molecule has 9 nitrogen and oxygen atoms in total. The van der Waals surface area contributed by atoms with E-state index in [1.807, 2.05) is 0 Å². The molecule has 3 heterocycles. The number of carbonyl (C=O) groups excluding carboxylic acids is 1. The van der Waals surface area contributed by atoms with Crippen LogP contribution >= 0.6 is 0 Å². The van der Waals surface area contributed by atoms with Crippen LogP contribution in [-0.4, -0.2) is 69.7 Å². The van der Waals surface area contributed by atoms with Gasteiger partial charge in [0.1, 0.15) is 5.82 Å². The lowest BCUT2D eigenvalue weighted by Gasteiger charge is -2.39. The van der Waals surface area contributed by atoms with E-state index in [2.05, 4.69) is 10.3 Å². The Morgan fingerprint density at radius 1 is 1.16 bits per heavy atom. The van der Waals surface area contributed by atoms with Crippen LogP contribution in [0.4, 0.5) is 11.8 Å². The fourth-order valence-corrected chi connectivity index (χ4v) is 7.08. The third-order valence-electron chi connectivity index (χ3n) is 7.23. The van der Waals surface area contributed by atoms with Crippen LogP contribution in [0.15, 0.2) is 6.20 Å². The first-order valence-corrected chi connectivity index (χ1v) is 12.9. The number of rotatable bonds is 5. The molecule has 170 valence electrons. The van der Waals surface area contributed by atoms with Gasteiger partial charge in [-0.2, -0.15) is 4.98 Å². The number of hydrogen-bond donors (Lipinski definition) is 2. The molecule has 2 aliphatic heterocycles. The summed E-state index contributed by atoms with van der Waals surface area (Å²) in [6.07, 6.45) is 8.09. The van der Waals surface area contributed by atoms with E-state index in [1.165, 1.54) is 0 Å². The maximum absolute atomic E-state index is 12.8. The van der Waals surface area contributed by atoms with Gasteiger partial charge in [0.25, 0.3) is 0 Å². The molecular formula is C21H31N5O4S. The number of sulfonamides is 1. The van der Waals surface area contributed by atoms with Crippen LogP contribution in [0.1, 0.15) is 63.9 Å². The topological polar surface area (TPSA) is 116 Å². The first kappa shape index (κ1) is 21.1. The number of nitrogens with one attached hydrogen (secondary N) is 1. The van der Waals surface area contributed by atoms with Crippen molar-refractivity contribution in [3.05, 3.63) is 11.8 Å². The van der Waals surface area contributed by atoms with E-state index in [9.17, 15) is 18.3 Å². The molecule has 10 heteroatoms. The Bertz CT molecular complexity index is 970. The van der Waals surface area contributed by atoms with Crippen LogP contribution in [0.25, 0.3) is 0 Å². The number of anilines is 2. The molecule has 0 spiro atoms. The summed E-state index contributed by atoms with van der Waals surface area (Å²) < 4.78 is 26.5. The summed E-state index contributed by atoms with van der Waals surface area (Å²) in [4.78, 5) is 23.6. The predicted molar refractivity (Wildman–Crippen MR) is 116 cm³/mol. The highest BCUT2D eigenvalue weighted by molar-refractivity contribution is 7.90. The van der Waals surface area contributed by atoms with Gasteiger partial charge in [0.05, 0.1) is 16.9 Å². The highest BCUT2D eigenvalue weighted by atomic mass is 32.2. The largest absolute Gasteiger partial charge is 0.388 e. The molecule has 4 aliphatic rings. The van der Waals surface area contributed by atoms with Crippen molar-refractivity contribution in [2.45, 2.75) is 87.6 Å². The van der Waals surface area contributed by atoms with E-state index >= 15 is 0 Å². The zero-order valence-electron chi connectivity index (χ0n) is 18.0. The van der Waals surface area contributed by atoms with Gasteiger partial charge in [-0.05, 0) is 58.3 Å². The van der Waals surface area contributed by atoms with Crippen LogP contribution in [0.3, 0.4) is 0 Å². The lowest BCUT2D eigenvalue weighted by atomic mass is 9.95. The second-order valence-corrected chi connectivity index (χ2v) is 11.8. The number of nitrogens with zero attached hydrogens (tertiary/aromatic N) is 4. The average Bonchev–Trinajstić information content (AvgIpc) is 3.53. The van der Waals surface area contributed by atoms with Gasteiger partial charge in [-0.1, -0.05) is 0 Å². The molecule has 2 saturated carbocycles. The molecule has 0 aromatic carbocycles. The van der Waals surface area contributed by atoms with Crippen LogP contribution < -0.4 is 10.2 Å². The Hall–Kier alpha value is -1.78. The molecule has 2 atom stereocenters. The second-order valence-electron chi connectivity index (χ2n) is 9.63. The summed E-state index contributed by atoms with van der Waals surface area (Å²) in [5, 5.41) is 14.0. The van der Waals surface area contributed by atoms with Crippen molar-refractivity contribution in [1.82, 2.24) is 14.3 Å². The lowest BCUT2D eigenvalue weighted by molar-refractivity contribution is -0.120. The molecule has 0 bridgehead atoms. The minimum absolute atomic E-state index is 0.00270. The first-order valence-electron chi connectivity index (χ1n) is 11.4. The number of fused-ring (bicyclic) bond motifs is 1. The number of carbonyl (C=O) groups is 1. The molecule has 1 aromatic heterocycles. The fraction of sp³-hybridized carbons (Fsp3) is 0.762. The third-order valence-corrected chi connectivity index (χ3v) is 9.63. The minimum atomic E-state index is -3.12. The van der Waals surface area contributed by atoms with E-state index < -0.39 is 15.6 Å². The van der Waals surface area contributed by atoms with Crippen molar-refractivity contribution in [2.75, 3.05) is 23.3 Å². The quantitative estimate of drug-likeness (QED) is 0.698. The number of aliphatic hydroxyl groups is 1. The monoisotopic (exact) mass is 449 g/mol. The molecule has 0 radical (unpaired) electrons. The normalized spacial score (nSPS) is 30.5. The van der Waals surface area contributed by atoms with E-state index in [-0.39, 0.29) is 23.2 Å². The standard InChI is InChI=1S/C21H31N5O4S/c1-21(28)10-2-3-17(21)26-18(27)7-4-14-13-22-20(24-19(14)26)23-15-8-11-25(12-9-15)31(29,30)16-5-6-16/h13,15-17,28H,2-12H2,1H3,(H,22,23,24)/t17-,21-/m1/s1. The number of aromatic nitrogens is 2. The van der Waals surface area contributed by atoms with E-state index in [0.717, 1.165) is 31.2 Å². The van der Waals surface area contributed by atoms with E-state index in [4.69, 9.17) is 4.98 Å². The molecule has 31 heavy (non-hydrogen) atoms. The third kappa shape index (κ3) is 3.93. The predicted octanol–water partition coefficient (Wildman–Crippen LogP) is 1.43.